The van der Waals surface area contributed by atoms with Crippen molar-refractivity contribution in [1.29, 1.82) is 0 Å². The largest absolute Gasteiger partial charge is 0.479 e. The quantitative estimate of drug-likeness (QED) is 0.911. The van der Waals surface area contributed by atoms with Crippen LogP contribution in [0.5, 0.6) is 5.75 Å². The van der Waals surface area contributed by atoms with Crippen LogP contribution >= 0.6 is 0 Å². The number of carbonyl (C=O) groups excluding carboxylic acids is 2. The summed E-state index contributed by atoms with van der Waals surface area (Å²) < 4.78 is 5.52. The van der Waals surface area contributed by atoms with Gasteiger partial charge in [-0.05, 0) is 37.1 Å². The van der Waals surface area contributed by atoms with Crippen molar-refractivity contribution in [2.45, 2.75) is 19.4 Å². The topological polar surface area (TPSA) is 67.4 Å². The Morgan fingerprint density at radius 3 is 2.78 bits per heavy atom. The maximum absolute atomic E-state index is 12.2. The molecule has 1 unspecified atom stereocenters. The van der Waals surface area contributed by atoms with Gasteiger partial charge in [0, 0.05) is 12.1 Å². The molecule has 2 aromatic rings. The number of benzene rings is 2. The first-order valence-electron chi connectivity index (χ1n) is 7.57. The summed E-state index contributed by atoms with van der Waals surface area (Å²) in [4.78, 5) is 23.7. The van der Waals surface area contributed by atoms with Crippen molar-refractivity contribution in [1.82, 2.24) is 5.32 Å². The fourth-order valence-corrected chi connectivity index (χ4v) is 2.41. The van der Waals surface area contributed by atoms with Gasteiger partial charge in [-0.1, -0.05) is 30.3 Å². The Balaban J connectivity index is 1.62. The minimum atomic E-state index is -0.557. The minimum Gasteiger partial charge on any atom is -0.479 e. The second kappa shape index (κ2) is 6.52. The summed E-state index contributed by atoms with van der Waals surface area (Å²) in [6.45, 7) is 2.23. The van der Waals surface area contributed by atoms with Crippen molar-refractivity contribution >= 4 is 17.5 Å². The molecular formula is C18H18N2O3. The number of carbonyl (C=O) groups is 2. The average Bonchev–Trinajstić information content (AvgIpc) is 2.56. The predicted molar refractivity (Wildman–Crippen MR) is 87.6 cm³/mol. The highest BCUT2D eigenvalue weighted by atomic mass is 16.5. The van der Waals surface area contributed by atoms with Crippen LogP contribution in [0.1, 0.15) is 22.8 Å². The number of hydrogen-bond acceptors (Lipinski definition) is 3. The highest BCUT2D eigenvalue weighted by molar-refractivity contribution is 6.00. The molecule has 1 heterocycles. The summed E-state index contributed by atoms with van der Waals surface area (Å²) >= 11 is 0. The Kier molecular flexibility index (Phi) is 4.28. The third-order valence-electron chi connectivity index (χ3n) is 3.72. The van der Waals surface area contributed by atoms with Crippen molar-refractivity contribution in [3.8, 4) is 5.75 Å². The monoisotopic (exact) mass is 310 g/mol. The molecular weight excluding hydrogens is 292 g/mol. The molecule has 1 aliphatic rings. The van der Waals surface area contributed by atoms with Gasteiger partial charge in [-0.15, -0.1) is 0 Å². The molecule has 0 saturated carbocycles. The number of fused-ring (bicyclic) bond motifs is 1. The minimum absolute atomic E-state index is 0.156. The van der Waals surface area contributed by atoms with Gasteiger partial charge in [0.25, 0.3) is 11.8 Å². The highest BCUT2D eigenvalue weighted by Crippen LogP contribution is 2.30. The summed E-state index contributed by atoms with van der Waals surface area (Å²) in [5, 5.41) is 5.64. The second-order valence-corrected chi connectivity index (χ2v) is 5.45. The summed E-state index contributed by atoms with van der Waals surface area (Å²) in [7, 11) is 0. The molecule has 0 fully saturated rings. The third kappa shape index (κ3) is 3.51. The number of hydrogen-bond donors (Lipinski definition) is 2. The van der Waals surface area contributed by atoms with Crippen molar-refractivity contribution < 1.29 is 14.3 Å². The van der Waals surface area contributed by atoms with Crippen molar-refractivity contribution in [2.75, 3.05) is 11.9 Å². The number of ether oxygens (including phenoxy) is 1. The van der Waals surface area contributed by atoms with E-state index >= 15 is 0 Å². The lowest BCUT2D eigenvalue weighted by molar-refractivity contribution is -0.122. The van der Waals surface area contributed by atoms with Gasteiger partial charge >= 0.3 is 0 Å². The smallest absolute Gasteiger partial charge is 0.265 e. The van der Waals surface area contributed by atoms with E-state index in [-0.39, 0.29) is 11.8 Å². The lowest BCUT2D eigenvalue weighted by atomic mass is 10.1. The number of amides is 2. The van der Waals surface area contributed by atoms with E-state index in [9.17, 15) is 9.59 Å². The van der Waals surface area contributed by atoms with Gasteiger partial charge in [0.15, 0.2) is 6.10 Å². The molecule has 0 aliphatic carbocycles. The van der Waals surface area contributed by atoms with E-state index in [2.05, 4.69) is 10.6 Å². The standard InChI is InChI=1S/C18H18N2O3/c1-12-17(21)20-15-8-7-14(11-16(15)23-12)18(22)19-10-9-13-5-3-2-4-6-13/h2-8,11-12H,9-10H2,1H3,(H,19,22)(H,20,21). The zero-order chi connectivity index (χ0) is 16.2. The molecule has 0 radical (unpaired) electrons. The van der Waals surface area contributed by atoms with Crippen LogP contribution in [0.25, 0.3) is 0 Å². The van der Waals surface area contributed by atoms with Crippen LogP contribution in [0, 0.1) is 0 Å². The van der Waals surface area contributed by atoms with Gasteiger partial charge in [-0.25, -0.2) is 0 Å². The summed E-state index contributed by atoms with van der Waals surface area (Å²) in [6.07, 6.45) is 0.222. The lowest BCUT2D eigenvalue weighted by Crippen LogP contribution is -2.34. The molecule has 0 aromatic heterocycles. The van der Waals surface area contributed by atoms with Crippen LogP contribution in [0.15, 0.2) is 48.5 Å². The molecule has 0 saturated heterocycles. The van der Waals surface area contributed by atoms with E-state index in [0.29, 0.717) is 23.5 Å². The normalized spacial score (nSPS) is 16.0. The zero-order valence-electron chi connectivity index (χ0n) is 12.8. The molecule has 23 heavy (non-hydrogen) atoms. The molecule has 2 N–H and O–H groups in total. The third-order valence-corrected chi connectivity index (χ3v) is 3.72. The van der Waals surface area contributed by atoms with E-state index in [0.717, 1.165) is 6.42 Å². The molecule has 0 spiro atoms. The Morgan fingerprint density at radius 1 is 1.22 bits per heavy atom. The first-order valence-corrected chi connectivity index (χ1v) is 7.57. The first-order chi connectivity index (χ1) is 11.1. The van der Waals surface area contributed by atoms with Crippen LogP contribution < -0.4 is 15.4 Å². The van der Waals surface area contributed by atoms with Gasteiger partial charge in [0.2, 0.25) is 0 Å². The molecule has 3 rings (SSSR count). The fourth-order valence-electron chi connectivity index (χ4n) is 2.41. The molecule has 1 atom stereocenters. The summed E-state index contributed by atoms with van der Waals surface area (Å²) in [5.74, 6) is 0.183. The van der Waals surface area contributed by atoms with E-state index in [1.165, 1.54) is 5.56 Å². The van der Waals surface area contributed by atoms with Crippen LogP contribution in [0.2, 0.25) is 0 Å². The summed E-state index contributed by atoms with van der Waals surface area (Å²) in [6, 6.07) is 15.0. The molecule has 5 heteroatoms. The van der Waals surface area contributed by atoms with Gasteiger partial charge in [-0.3, -0.25) is 9.59 Å². The van der Waals surface area contributed by atoms with Crippen LogP contribution in [0.4, 0.5) is 5.69 Å². The first kappa shape index (κ1) is 15.1. The van der Waals surface area contributed by atoms with Crippen molar-refractivity contribution in [3.05, 3.63) is 59.7 Å². The average molecular weight is 310 g/mol. The molecule has 1 aliphatic heterocycles. The van der Waals surface area contributed by atoms with Gasteiger partial charge in [0.05, 0.1) is 5.69 Å². The fraction of sp³-hybridized carbons (Fsp3) is 0.222. The van der Waals surface area contributed by atoms with Crippen molar-refractivity contribution in [3.63, 3.8) is 0 Å². The van der Waals surface area contributed by atoms with Gasteiger partial charge < -0.3 is 15.4 Å². The van der Waals surface area contributed by atoms with Gasteiger partial charge in [0.1, 0.15) is 5.75 Å². The van der Waals surface area contributed by atoms with Crippen LogP contribution in [-0.2, 0) is 11.2 Å². The van der Waals surface area contributed by atoms with Crippen LogP contribution in [0.3, 0.4) is 0 Å². The van der Waals surface area contributed by atoms with Gasteiger partial charge in [-0.2, -0.15) is 0 Å². The van der Waals surface area contributed by atoms with E-state index in [1.807, 2.05) is 30.3 Å². The molecule has 5 nitrogen and oxygen atoms in total. The SMILES string of the molecule is CC1Oc2cc(C(=O)NCCc3ccccc3)ccc2NC1=O. The Hall–Kier alpha value is -2.82. The predicted octanol–water partition coefficient (Wildman–Crippen LogP) is 2.38. The van der Waals surface area contributed by atoms with Crippen LogP contribution in [-0.4, -0.2) is 24.5 Å². The molecule has 2 aromatic carbocycles. The van der Waals surface area contributed by atoms with E-state index in [4.69, 9.17) is 4.74 Å². The van der Waals surface area contributed by atoms with E-state index < -0.39 is 6.10 Å². The van der Waals surface area contributed by atoms with E-state index in [1.54, 1.807) is 25.1 Å². The number of nitrogens with one attached hydrogen (secondary N) is 2. The number of rotatable bonds is 4. The Morgan fingerprint density at radius 2 is 2.00 bits per heavy atom. The number of anilines is 1. The van der Waals surface area contributed by atoms with Crippen molar-refractivity contribution in [2.24, 2.45) is 0 Å². The Labute approximate surface area is 134 Å². The second-order valence-electron chi connectivity index (χ2n) is 5.45. The maximum Gasteiger partial charge on any atom is 0.265 e. The zero-order valence-corrected chi connectivity index (χ0v) is 12.8. The maximum atomic E-state index is 12.2. The Bertz CT molecular complexity index is 728. The molecule has 118 valence electrons. The highest BCUT2D eigenvalue weighted by Gasteiger charge is 2.24. The molecule has 0 bridgehead atoms. The summed E-state index contributed by atoms with van der Waals surface area (Å²) in [5.41, 5.74) is 2.28. The molecule has 2 amide bonds. The lowest BCUT2D eigenvalue weighted by Gasteiger charge is -2.23.